The Kier molecular flexibility index (Phi) is 7.78. The minimum absolute atomic E-state index is 0.602. The van der Waals surface area contributed by atoms with Crippen molar-refractivity contribution < 1.29 is 4.42 Å². The van der Waals surface area contributed by atoms with Crippen LogP contribution in [0.25, 0.3) is 117 Å². The monoisotopic (exact) mass is 766 g/mol. The summed E-state index contributed by atoms with van der Waals surface area (Å²) in [5.74, 6) is 1.85. The summed E-state index contributed by atoms with van der Waals surface area (Å²) in [5, 5.41) is 6.96. The lowest BCUT2D eigenvalue weighted by atomic mass is 9.98. The first-order valence-electron chi connectivity index (χ1n) is 20.2. The van der Waals surface area contributed by atoms with Crippen molar-refractivity contribution in [2.75, 3.05) is 0 Å². The SMILES string of the molecule is c1ccc(-c2nc(-c3ccccc3)nc(-c3ccc(-n4c5cc6ccccc6cc5c5c(-c6ccccc6)cccc54)c(-c4ccc5oc6ccccc6c5c4)c3)n2)cc1. The van der Waals surface area contributed by atoms with Crippen molar-refractivity contribution in [1.82, 2.24) is 19.5 Å². The minimum atomic E-state index is 0.602. The van der Waals surface area contributed by atoms with Gasteiger partial charge in [-0.25, -0.2) is 15.0 Å². The van der Waals surface area contributed by atoms with Crippen molar-refractivity contribution >= 4 is 54.5 Å². The van der Waals surface area contributed by atoms with E-state index in [4.69, 9.17) is 19.4 Å². The quantitative estimate of drug-likeness (QED) is 0.169. The van der Waals surface area contributed by atoms with Gasteiger partial charge in [-0.3, -0.25) is 0 Å². The first-order valence-corrected chi connectivity index (χ1v) is 20.2. The molecule has 12 aromatic rings. The van der Waals surface area contributed by atoms with Gasteiger partial charge in [0, 0.05) is 43.8 Å². The van der Waals surface area contributed by atoms with Crippen molar-refractivity contribution in [3.8, 4) is 62.1 Å². The highest BCUT2D eigenvalue weighted by molar-refractivity contribution is 6.19. The molecular formula is C55H34N4O. The molecule has 0 bridgehead atoms. The molecule has 5 heteroatoms. The van der Waals surface area contributed by atoms with E-state index in [1.54, 1.807) is 0 Å². The number of nitrogens with zero attached hydrogens (tertiary/aromatic N) is 4. The number of furan rings is 1. The van der Waals surface area contributed by atoms with E-state index in [9.17, 15) is 0 Å². The second kappa shape index (κ2) is 13.8. The molecule has 0 fully saturated rings. The van der Waals surface area contributed by atoms with Gasteiger partial charge >= 0.3 is 0 Å². The fourth-order valence-corrected chi connectivity index (χ4v) is 8.80. The van der Waals surface area contributed by atoms with Gasteiger partial charge in [-0.1, -0.05) is 152 Å². The summed E-state index contributed by atoms with van der Waals surface area (Å²) in [6, 6.07) is 72.4. The molecule has 0 atom stereocenters. The summed E-state index contributed by atoms with van der Waals surface area (Å²) in [6.45, 7) is 0. The number of hydrogen-bond donors (Lipinski definition) is 0. The first-order chi connectivity index (χ1) is 29.7. The smallest absolute Gasteiger partial charge is 0.164 e. The molecule has 60 heavy (non-hydrogen) atoms. The lowest BCUT2D eigenvalue weighted by Gasteiger charge is -2.17. The Morgan fingerprint density at radius 1 is 0.333 bits per heavy atom. The molecule has 0 spiro atoms. The summed E-state index contributed by atoms with van der Waals surface area (Å²) < 4.78 is 8.77. The fraction of sp³-hybridized carbons (Fsp3) is 0. The standard InChI is InChI=1S/C55H34N4O/c1-4-15-35(16-5-1)42-24-14-25-48-52(42)46-31-38-21-10-11-22-39(38)34-49(46)59(48)47-29-27-41(33-44(47)40-28-30-51-45(32-40)43-23-12-13-26-50(43)60-51)55-57-53(36-17-6-2-7-18-36)56-54(58-55)37-19-8-3-9-20-37/h1-34H. The van der Waals surface area contributed by atoms with Crippen LogP contribution in [-0.4, -0.2) is 19.5 Å². The predicted octanol–water partition coefficient (Wildman–Crippen LogP) is 14.4. The van der Waals surface area contributed by atoms with Gasteiger partial charge in [0.05, 0.1) is 16.7 Å². The summed E-state index contributed by atoms with van der Waals surface area (Å²) in [7, 11) is 0. The summed E-state index contributed by atoms with van der Waals surface area (Å²) in [5.41, 5.74) is 12.3. The van der Waals surface area contributed by atoms with Crippen molar-refractivity contribution in [3.63, 3.8) is 0 Å². The Bertz CT molecular complexity index is 3530. The molecule has 0 aliphatic carbocycles. The van der Waals surface area contributed by atoms with Crippen LogP contribution in [0.5, 0.6) is 0 Å². The van der Waals surface area contributed by atoms with Gasteiger partial charge in [-0.15, -0.1) is 0 Å². The van der Waals surface area contributed by atoms with Crippen LogP contribution >= 0.6 is 0 Å². The van der Waals surface area contributed by atoms with Crippen molar-refractivity contribution in [2.24, 2.45) is 0 Å². The molecule has 0 unspecified atom stereocenters. The van der Waals surface area contributed by atoms with Crippen molar-refractivity contribution in [1.29, 1.82) is 0 Å². The molecule has 5 nitrogen and oxygen atoms in total. The maximum Gasteiger partial charge on any atom is 0.164 e. The largest absolute Gasteiger partial charge is 0.456 e. The van der Waals surface area contributed by atoms with Crippen LogP contribution in [0.4, 0.5) is 0 Å². The number of hydrogen-bond acceptors (Lipinski definition) is 4. The van der Waals surface area contributed by atoms with Crippen molar-refractivity contribution in [3.05, 3.63) is 206 Å². The molecule has 280 valence electrons. The second-order valence-corrected chi connectivity index (χ2v) is 15.2. The molecule has 3 heterocycles. The van der Waals surface area contributed by atoms with E-state index in [-0.39, 0.29) is 0 Å². The lowest BCUT2D eigenvalue weighted by molar-refractivity contribution is 0.669. The Morgan fingerprint density at radius 2 is 0.917 bits per heavy atom. The number of fused-ring (bicyclic) bond motifs is 7. The molecule has 0 radical (unpaired) electrons. The van der Waals surface area contributed by atoms with Crippen LogP contribution in [0.1, 0.15) is 0 Å². The Hall–Kier alpha value is -8.15. The Labute approximate surface area is 345 Å². The van der Waals surface area contributed by atoms with Crippen LogP contribution < -0.4 is 0 Å². The minimum Gasteiger partial charge on any atom is -0.456 e. The third-order valence-electron chi connectivity index (χ3n) is 11.6. The van der Waals surface area contributed by atoms with Gasteiger partial charge in [-0.05, 0) is 82.1 Å². The molecule has 3 aromatic heterocycles. The number of benzene rings is 9. The fourth-order valence-electron chi connectivity index (χ4n) is 8.80. The molecule has 0 aliphatic heterocycles. The number of aromatic nitrogens is 4. The summed E-state index contributed by atoms with van der Waals surface area (Å²) in [4.78, 5) is 15.3. The third kappa shape index (κ3) is 5.59. The van der Waals surface area contributed by atoms with Crippen LogP contribution in [0.2, 0.25) is 0 Å². The van der Waals surface area contributed by atoms with Gasteiger partial charge in [0.15, 0.2) is 17.5 Å². The van der Waals surface area contributed by atoms with E-state index in [1.165, 1.54) is 32.7 Å². The molecule has 12 rings (SSSR count). The third-order valence-corrected chi connectivity index (χ3v) is 11.6. The lowest BCUT2D eigenvalue weighted by Crippen LogP contribution is -2.02. The zero-order valence-electron chi connectivity index (χ0n) is 32.3. The summed E-state index contributed by atoms with van der Waals surface area (Å²) >= 11 is 0. The molecule has 0 saturated heterocycles. The maximum absolute atomic E-state index is 6.33. The van der Waals surface area contributed by atoms with Gasteiger partial charge in [0.2, 0.25) is 0 Å². The maximum atomic E-state index is 6.33. The molecule has 9 aromatic carbocycles. The highest BCUT2D eigenvalue weighted by atomic mass is 16.3. The van der Waals surface area contributed by atoms with Crippen LogP contribution in [-0.2, 0) is 0 Å². The highest BCUT2D eigenvalue weighted by Gasteiger charge is 2.22. The first kappa shape index (κ1) is 33.9. The topological polar surface area (TPSA) is 56.7 Å². The van der Waals surface area contributed by atoms with Crippen LogP contribution in [0.15, 0.2) is 211 Å². The number of para-hydroxylation sites is 1. The molecule has 0 amide bonds. The van der Waals surface area contributed by atoms with E-state index < -0.39 is 0 Å². The molecule has 0 aliphatic rings. The highest BCUT2D eigenvalue weighted by Crippen LogP contribution is 2.43. The second-order valence-electron chi connectivity index (χ2n) is 15.2. The van der Waals surface area contributed by atoms with E-state index in [0.717, 1.165) is 66.5 Å². The normalized spacial score (nSPS) is 11.7. The molecular weight excluding hydrogens is 733 g/mol. The zero-order chi connectivity index (χ0) is 39.6. The van der Waals surface area contributed by atoms with Gasteiger partial charge in [0.1, 0.15) is 11.2 Å². The van der Waals surface area contributed by atoms with E-state index >= 15 is 0 Å². The van der Waals surface area contributed by atoms with Gasteiger partial charge < -0.3 is 8.98 Å². The van der Waals surface area contributed by atoms with Crippen molar-refractivity contribution in [2.45, 2.75) is 0 Å². The average molecular weight is 767 g/mol. The predicted molar refractivity (Wildman–Crippen MR) is 246 cm³/mol. The van der Waals surface area contributed by atoms with Crippen LogP contribution in [0, 0.1) is 0 Å². The van der Waals surface area contributed by atoms with Gasteiger partial charge in [-0.2, -0.15) is 0 Å². The molecule has 0 saturated carbocycles. The van der Waals surface area contributed by atoms with E-state index in [1.807, 2.05) is 72.8 Å². The van der Waals surface area contributed by atoms with E-state index in [2.05, 4.69) is 138 Å². The average Bonchev–Trinajstić information content (AvgIpc) is 3.86. The Morgan fingerprint density at radius 3 is 1.63 bits per heavy atom. The Balaban J connectivity index is 1.17. The zero-order valence-corrected chi connectivity index (χ0v) is 32.3. The van der Waals surface area contributed by atoms with E-state index in [0.29, 0.717) is 17.5 Å². The van der Waals surface area contributed by atoms with Gasteiger partial charge in [0.25, 0.3) is 0 Å². The molecule has 0 N–H and O–H groups in total. The van der Waals surface area contributed by atoms with Crippen LogP contribution in [0.3, 0.4) is 0 Å². The number of rotatable bonds is 6. The summed E-state index contributed by atoms with van der Waals surface area (Å²) in [6.07, 6.45) is 0.